The summed E-state index contributed by atoms with van der Waals surface area (Å²) in [5, 5.41) is 3.02. The summed E-state index contributed by atoms with van der Waals surface area (Å²) in [7, 11) is 1.71. The topological polar surface area (TPSA) is 48.1 Å². The molecule has 0 bridgehead atoms. The van der Waals surface area contributed by atoms with E-state index in [4.69, 9.17) is 10.5 Å². The van der Waals surface area contributed by atoms with Gasteiger partial charge in [0.05, 0.1) is 11.6 Å². The maximum atomic E-state index is 6.04. The second-order valence-corrected chi connectivity index (χ2v) is 4.99. The molecule has 0 radical (unpaired) electrons. The van der Waals surface area contributed by atoms with E-state index in [0.29, 0.717) is 0 Å². The Kier molecular flexibility index (Phi) is 3.64. The van der Waals surface area contributed by atoms with Crippen LogP contribution < -0.4 is 5.73 Å². The zero-order valence-electron chi connectivity index (χ0n) is 9.20. The highest BCUT2D eigenvalue weighted by Gasteiger charge is 2.22. The van der Waals surface area contributed by atoms with Crippen molar-refractivity contribution in [2.24, 2.45) is 5.73 Å². The van der Waals surface area contributed by atoms with Crippen LogP contribution in [-0.4, -0.2) is 17.7 Å². The average Bonchev–Trinajstić information content (AvgIpc) is 2.51. The van der Waals surface area contributed by atoms with Crippen molar-refractivity contribution in [3.05, 3.63) is 16.1 Å². The fourth-order valence-corrected chi connectivity index (χ4v) is 2.04. The van der Waals surface area contributed by atoms with Crippen LogP contribution in [0.3, 0.4) is 0 Å². The lowest BCUT2D eigenvalue weighted by molar-refractivity contribution is 0.00993. The molecule has 1 unspecified atom stereocenters. The van der Waals surface area contributed by atoms with Crippen molar-refractivity contribution >= 4 is 11.3 Å². The van der Waals surface area contributed by atoms with Crippen molar-refractivity contribution in [1.29, 1.82) is 0 Å². The van der Waals surface area contributed by atoms with Gasteiger partial charge in [-0.15, -0.1) is 11.3 Å². The number of aryl methyl sites for hydroxylation is 1. The van der Waals surface area contributed by atoms with Gasteiger partial charge in [-0.2, -0.15) is 0 Å². The molecule has 0 aliphatic heterocycles. The molecule has 14 heavy (non-hydrogen) atoms. The first-order chi connectivity index (χ1) is 6.44. The van der Waals surface area contributed by atoms with E-state index in [0.717, 1.165) is 17.1 Å². The van der Waals surface area contributed by atoms with E-state index < -0.39 is 0 Å². The van der Waals surface area contributed by atoms with Gasteiger partial charge in [-0.05, 0) is 27.2 Å². The lowest BCUT2D eigenvalue weighted by Crippen LogP contribution is -2.28. The molecule has 80 valence electrons. The van der Waals surface area contributed by atoms with E-state index in [2.05, 4.69) is 4.98 Å². The predicted octanol–water partition coefficient (Wildman–Crippen LogP) is 2.27. The molecule has 1 aromatic heterocycles. The van der Waals surface area contributed by atoms with E-state index in [1.165, 1.54) is 0 Å². The van der Waals surface area contributed by atoms with Gasteiger partial charge >= 0.3 is 0 Å². The Labute approximate surface area is 89.3 Å². The lowest BCUT2D eigenvalue weighted by Gasteiger charge is -2.25. The van der Waals surface area contributed by atoms with Gasteiger partial charge in [0.25, 0.3) is 0 Å². The van der Waals surface area contributed by atoms with Crippen LogP contribution in [0.5, 0.6) is 0 Å². The number of nitrogens with two attached hydrogens (primary N) is 1. The maximum Gasteiger partial charge on any atom is 0.110 e. The van der Waals surface area contributed by atoms with Crippen LogP contribution >= 0.6 is 11.3 Å². The number of hydrogen-bond donors (Lipinski definition) is 1. The summed E-state index contributed by atoms with van der Waals surface area (Å²) in [4.78, 5) is 4.37. The van der Waals surface area contributed by atoms with E-state index in [9.17, 15) is 0 Å². The minimum absolute atomic E-state index is 0.0244. The van der Waals surface area contributed by atoms with Gasteiger partial charge in [0.1, 0.15) is 5.01 Å². The third-order valence-electron chi connectivity index (χ3n) is 2.22. The standard InChI is InChI=1S/C10H18N2OS/c1-7-6-14-9(12-7)8(11)5-10(2,3)13-4/h6,8H,5,11H2,1-4H3. The minimum atomic E-state index is -0.182. The fraction of sp³-hybridized carbons (Fsp3) is 0.700. The van der Waals surface area contributed by atoms with E-state index >= 15 is 0 Å². The molecule has 0 amide bonds. The number of aromatic nitrogens is 1. The third kappa shape index (κ3) is 3.04. The van der Waals surface area contributed by atoms with Gasteiger partial charge in [0.15, 0.2) is 0 Å². The second-order valence-electron chi connectivity index (χ2n) is 4.10. The molecule has 0 aliphatic carbocycles. The zero-order chi connectivity index (χ0) is 10.8. The molecular weight excluding hydrogens is 196 g/mol. The zero-order valence-corrected chi connectivity index (χ0v) is 10.0. The minimum Gasteiger partial charge on any atom is -0.379 e. The molecule has 0 saturated carbocycles. The third-order valence-corrected chi connectivity index (χ3v) is 3.31. The molecule has 0 saturated heterocycles. The Morgan fingerprint density at radius 3 is 2.71 bits per heavy atom. The molecule has 4 heteroatoms. The summed E-state index contributed by atoms with van der Waals surface area (Å²) in [6.45, 7) is 6.05. The summed E-state index contributed by atoms with van der Waals surface area (Å²) >= 11 is 1.62. The van der Waals surface area contributed by atoms with Crippen LogP contribution in [0, 0.1) is 6.92 Å². The normalized spacial score (nSPS) is 14.4. The Balaban J connectivity index is 2.63. The van der Waals surface area contributed by atoms with Gasteiger partial charge in [-0.3, -0.25) is 0 Å². The van der Waals surface area contributed by atoms with Gasteiger partial charge in [0.2, 0.25) is 0 Å². The number of hydrogen-bond acceptors (Lipinski definition) is 4. The molecule has 0 aliphatic rings. The Morgan fingerprint density at radius 2 is 2.29 bits per heavy atom. The van der Waals surface area contributed by atoms with Crippen molar-refractivity contribution in [3.8, 4) is 0 Å². The van der Waals surface area contributed by atoms with Gasteiger partial charge < -0.3 is 10.5 Å². The van der Waals surface area contributed by atoms with Gasteiger partial charge in [-0.25, -0.2) is 4.98 Å². The van der Waals surface area contributed by atoms with Crippen LogP contribution in [0.2, 0.25) is 0 Å². The van der Waals surface area contributed by atoms with Crippen LogP contribution in [0.25, 0.3) is 0 Å². The first kappa shape index (κ1) is 11.6. The second kappa shape index (κ2) is 4.38. The number of thiazole rings is 1. The summed E-state index contributed by atoms with van der Waals surface area (Å²) in [5.74, 6) is 0. The molecule has 0 fully saturated rings. The SMILES string of the molecule is COC(C)(C)CC(N)c1nc(C)cs1. The molecule has 2 N–H and O–H groups in total. The first-order valence-electron chi connectivity index (χ1n) is 4.67. The van der Waals surface area contributed by atoms with E-state index in [-0.39, 0.29) is 11.6 Å². The highest BCUT2D eigenvalue weighted by atomic mass is 32.1. The Morgan fingerprint density at radius 1 is 1.64 bits per heavy atom. The van der Waals surface area contributed by atoms with Crippen molar-refractivity contribution in [3.63, 3.8) is 0 Å². The average molecular weight is 214 g/mol. The smallest absolute Gasteiger partial charge is 0.110 e. The quantitative estimate of drug-likeness (QED) is 0.836. The molecule has 3 nitrogen and oxygen atoms in total. The number of nitrogens with zero attached hydrogens (tertiary/aromatic N) is 1. The summed E-state index contributed by atoms with van der Waals surface area (Å²) in [5.41, 5.74) is 6.89. The summed E-state index contributed by atoms with van der Waals surface area (Å²) < 4.78 is 5.33. The van der Waals surface area contributed by atoms with Crippen LogP contribution in [-0.2, 0) is 4.74 Å². The van der Waals surface area contributed by atoms with Crippen LogP contribution in [0.1, 0.15) is 37.0 Å². The summed E-state index contributed by atoms with van der Waals surface area (Å²) in [6.07, 6.45) is 0.788. The Bertz CT molecular complexity index is 296. The highest BCUT2D eigenvalue weighted by Crippen LogP contribution is 2.25. The number of methoxy groups -OCH3 is 1. The van der Waals surface area contributed by atoms with Crippen molar-refractivity contribution in [1.82, 2.24) is 4.98 Å². The molecular formula is C10H18N2OS. The maximum absolute atomic E-state index is 6.04. The Hall–Kier alpha value is -0.450. The van der Waals surface area contributed by atoms with Crippen LogP contribution in [0.4, 0.5) is 0 Å². The molecule has 1 aromatic rings. The molecule has 0 aromatic carbocycles. The first-order valence-corrected chi connectivity index (χ1v) is 5.55. The molecule has 0 spiro atoms. The van der Waals surface area contributed by atoms with Gasteiger partial charge in [-0.1, -0.05) is 0 Å². The van der Waals surface area contributed by atoms with E-state index in [1.807, 2.05) is 26.2 Å². The summed E-state index contributed by atoms with van der Waals surface area (Å²) in [6, 6.07) is -0.0244. The van der Waals surface area contributed by atoms with E-state index in [1.54, 1.807) is 18.4 Å². The monoisotopic (exact) mass is 214 g/mol. The van der Waals surface area contributed by atoms with Gasteiger partial charge in [0, 0.05) is 18.2 Å². The molecule has 1 atom stereocenters. The predicted molar refractivity (Wildman–Crippen MR) is 59.5 cm³/mol. The van der Waals surface area contributed by atoms with Crippen LogP contribution in [0.15, 0.2) is 5.38 Å². The highest BCUT2D eigenvalue weighted by molar-refractivity contribution is 7.09. The molecule has 1 heterocycles. The number of ether oxygens (including phenoxy) is 1. The largest absolute Gasteiger partial charge is 0.379 e. The van der Waals surface area contributed by atoms with Crippen molar-refractivity contribution in [2.45, 2.75) is 38.8 Å². The number of rotatable bonds is 4. The van der Waals surface area contributed by atoms with Crippen molar-refractivity contribution < 1.29 is 4.74 Å². The van der Waals surface area contributed by atoms with Crippen molar-refractivity contribution in [2.75, 3.05) is 7.11 Å². The lowest BCUT2D eigenvalue weighted by atomic mass is 10.00. The molecule has 1 rings (SSSR count). The fourth-order valence-electron chi connectivity index (χ4n) is 1.24.